The van der Waals surface area contributed by atoms with Crippen LogP contribution < -0.4 is 0 Å². The normalized spacial score (nSPS) is 22.1. The molecule has 1 atom stereocenters. The van der Waals surface area contributed by atoms with Gasteiger partial charge in [-0.2, -0.15) is 0 Å². The van der Waals surface area contributed by atoms with Gasteiger partial charge in [0.2, 0.25) is 0 Å². The van der Waals surface area contributed by atoms with Crippen LogP contribution in [0.2, 0.25) is 0 Å². The molecule has 1 heterocycles. The van der Waals surface area contributed by atoms with Crippen molar-refractivity contribution in [2.24, 2.45) is 0 Å². The Bertz CT molecular complexity index is 343. The summed E-state index contributed by atoms with van der Waals surface area (Å²) in [7, 11) is 0. The van der Waals surface area contributed by atoms with Gasteiger partial charge in [0.25, 0.3) is 0 Å². The number of hydrogen-bond acceptors (Lipinski definition) is 1. The first-order valence-electron chi connectivity index (χ1n) is 4.82. The summed E-state index contributed by atoms with van der Waals surface area (Å²) >= 11 is 11.4. The Hall–Kier alpha value is 0.210. The maximum absolute atomic E-state index is 6.10. The van der Waals surface area contributed by atoms with Gasteiger partial charge in [0, 0.05) is 11.3 Å². The number of halogens is 2. The second-order valence-corrected chi connectivity index (χ2v) is 6.72. The number of alkyl halides is 1. The highest BCUT2D eigenvalue weighted by atomic mass is 79.9. The third-order valence-corrected chi connectivity index (χ3v) is 4.39. The molecule has 0 spiro atoms. The minimum Gasteiger partial charge on any atom is -0.133 e. The summed E-state index contributed by atoms with van der Waals surface area (Å²) in [4.78, 5) is 1.42. The van der Waals surface area contributed by atoms with E-state index in [-0.39, 0.29) is 5.38 Å². The van der Waals surface area contributed by atoms with Crippen LogP contribution >= 0.6 is 38.9 Å². The molecule has 0 bridgehead atoms. The van der Waals surface area contributed by atoms with Crippen molar-refractivity contribution in [3.05, 3.63) is 32.4 Å². The predicted octanol–water partition coefficient (Wildman–Crippen LogP) is 4.77. The number of rotatable bonds is 2. The lowest BCUT2D eigenvalue weighted by atomic mass is 9.96. The van der Waals surface area contributed by atoms with E-state index >= 15 is 0 Å². The Balaban J connectivity index is 2.03. The van der Waals surface area contributed by atoms with Crippen molar-refractivity contribution in [1.82, 2.24) is 0 Å². The highest BCUT2D eigenvalue weighted by molar-refractivity contribution is 9.11. The molecule has 1 unspecified atom stereocenters. The lowest BCUT2D eigenvalue weighted by Gasteiger charge is -2.15. The van der Waals surface area contributed by atoms with Crippen molar-refractivity contribution in [3.63, 3.8) is 0 Å². The van der Waals surface area contributed by atoms with Gasteiger partial charge in [-0.25, -0.2) is 0 Å². The largest absolute Gasteiger partial charge is 0.133 e. The summed E-state index contributed by atoms with van der Waals surface area (Å²) in [5.74, 6) is 0. The van der Waals surface area contributed by atoms with Gasteiger partial charge >= 0.3 is 0 Å². The van der Waals surface area contributed by atoms with Gasteiger partial charge in [-0.3, -0.25) is 0 Å². The molecule has 0 aliphatic heterocycles. The third-order valence-electron chi connectivity index (χ3n) is 2.42. The van der Waals surface area contributed by atoms with E-state index in [1.54, 1.807) is 0 Å². The zero-order valence-electron chi connectivity index (χ0n) is 7.80. The minimum atomic E-state index is 0.266. The molecule has 1 aliphatic carbocycles. The van der Waals surface area contributed by atoms with Gasteiger partial charge in [-0.05, 0) is 47.3 Å². The SMILES string of the molecule is ClC1C=C(Cc2ccc(Br)s2)CCC1. The summed E-state index contributed by atoms with van der Waals surface area (Å²) < 4.78 is 1.21. The molecule has 0 aromatic carbocycles. The average Bonchev–Trinajstić information content (AvgIpc) is 2.51. The fourth-order valence-corrected chi connectivity index (χ4v) is 3.63. The molecule has 0 amide bonds. The first-order valence-corrected chi connectivity index (χ1v) is 6.86. The van der Waals surface area contributed by atoms with Crippen molar-refractivity contribution in [3.8, 4) is 0 Å². The Morgan fingerprint density at radius 1 is 1.50 bits per heavy atom. The highest BCUT2D eigenvalue weighted by Crippen LogP contribution is 2.28. The van der Waals surface area contributed by atoms with E-state index in [9.17, 15) is 0 Å². The standard InChI is InChI=1S/C11H12BrClS/c12-11-5-4-10(14-11)7-8-2-1-3-9(13)6-8/h4-6,9H,1-3,7H2. The van der Waals surface area contributed by atoms with Crippen LogP contribution in [-0.4, -0.2) is 5.38 Å². The van der Waals surface area contributed by atoms with Crippen LogP contribution in [0.1, 0.15) is 24.1 Å². The van der Waals surface area contributed by atoms with Crippen LogP contribution in [0.25, 0.3) is 0 Å². The van der Waals surface area contributed by atoms with E-state index in [1.807, 2.05) is 11.3 Å². The Morgan fingerprint density at radius 3 is 3.00 bits per heavy atom. The summed E-state index contributed by atoms with van der Waals surface area (Å²) in [6.45, 7) is 0. The number of allylic oxidation sites excluding steroid dienone is 2. The molecule has 14 heavy (non-hydrogen) atoms. The van der Waals surface area contributed by atoms with Crippen LogP contribution in [-0.2, 0) is 6.42 Å². The first-order chi connectivity index (χ1) is 6.74. The maximum Gasteiger partial charge on any atom is 0.0701 e. The van der Waals surface area contributed by atoms with Gasteiger partial charge in [0.1, 0.15) is 0 Å². The lowest BCUT2D eigenvalue weighted by molar-refractivity contribution is 0.695. The second kappa shape index (κ2) is 4.82. The summed E-state index contributed by atoms with van der Waals surface area (Å²) in [5, 5.41) is 0.266. The second-order valence-electron chi connectivity index (χ2n) is 3.62. The van der Waals surface area contributed by atoms with E-state index in [0.717, 1.165) is 12.8 Å². The summed E-state index contributed by atoms with van der Waals surface area (Å²) in [6.07, 6.45) is 6.92. The van der Waals surface area contributed by atoms with E-state index in [2.05, 4.69) is 34.1 Å². The third kappa shape index (κ3) is 2.85. The molecule has 1 aromatic rings. The molecule has 0 radical (unpaired) electrons. The Labute approximate surface area is 102 Å². The van der Waals surface area contributed by atoms with E-state index in [1.165, 1.54) is 27.1 Å². The number of thiophene rings is 1. The van der Waals surface area contributed by atoms with Crippen LogP contribution in [0.4, 0.5) is 0 Å². The van der Waals surface area contributed by atoms with Crippen LogP contribution in [0.3, 0.4) is 0 Å². The van der Waals surface area contributed by atoms with Crippen LogP contribution in [0, 0.1) is 0 Å². The van der Waals surface area contributed by atoms with Gasteiger partial charge in [0.05, 0.1) is 9.16 Å². The predicted molar refractivity (Wildman–Crippen MR) is 67.3 cm³/mol. The van der Waals surface area contributed by atoms with E-state index in [4.69, 9.17) is 11.6 Å². The molecule has 3 heteroatoms. The fraction of sp³-hybridized carbons (Fsp3) is 0.455. The molecule has 1 aromatic heterocycles. The number of hydrogen-bond donors (Lipinski definition) is 0. The van der Waals surface area contributed by atoms with Gasteiger partial charge in [0.15, 0.2) is 0 Å². The molecule has 0 nitrogen and oxygen atoms in total. The minimum absolute atomic E-state index is 0.266. The molecule has 2 rings (SSSR count). The smallest absolute Gasteiger partial charge is 0.0701 e. The zero-order valence-corrected chi connectivity index (χ0v) is 11.0. The Morgan fingerprint density at radius 2 is 2.36 bits per heavy atom. The highest BCUT2D eigenvalue weighted by Gasteiger charge is 2.11. The monoisotopic (exact) mass is 290 g/mol. The van der Waals surface area contributed by atoms with Gasteiger partial charge in [-0.15, -0.1) is 22.9 Å². The van der Waals surface area contributed by atoms with Crippen molar-refractivity contribution in [2.45, 2.75) is 31.1 Å². The van der Waals surface area contributed by atoms with Gasteiger partial charge in [-0.1, -0.05) is 11.6 Å². The first kappa shape index (κ1) is 10.7. The van der Waals surface area contributed by atoms with Gasteiger partial charge < -0.3 is 0 Å². The molecular weight excluding hydrogens is 280 g/mol. The topological polar surface area (TPSA) is 0 Å². The molecule has 0 saturated carbocycles. The maximum atomic E-state index is 6.10. The quantitative estimate of drug-likeness (QED) is 0.544. The van der Waals surface area contributed by atoms with E-state index < -0.39 is 0 Å². The summed E-state index contributed by atoms with van der Waals surface area (Å²) in [5.41, 5.74) is 1.51. The zero-order chi connectivity index (χ0) is 9.97. The summed E-state index contributed by atoms with van der Waals surface area (Å²) in [6, 6.07) is 4.30. The fourth-order valence-electron chi connectivity index (χ4n) is 1.76. The molecule has 1 aliphatic rings. The molecule has 0 saturated heterocycles. The Kier molecular flexibility index (Phi) is 3.69. The van der Waals surface area contributed by atoms with E-state index in [0.29, 0.717) is 0 Å². The van der Waals surface area contributed by atoms with Crippen molar-refractivity contribution in [1.29, 1.82) is 0 Å². The van der Waals surface area contributed by atoms with Crippen molar-refractivity contribution >= 4 is 38.9 Å². The molecule has 76 valence electrons. The molecule has 0 fully saturated rings. The van der Waals surface area contributed by atoms with Crippen molar-refractivity contribution in [2.75, 3.05) is 0 Å². The lowest BCUT2D eigenvalue weighted by Crippen LogP contribution is -2.04. The van der Waals surface area contributed by atoms with Crippen molar-refractivity contribution < 1.29 is 0 Å². The molecule has 0 N–H and O–H groups in total. The van der Waals surface area contributed by atoms with Crippen LogP contribution in [0.15, 0.2) is 27.6 Å². The molecular formula is C11H12BrClS. The van der Waals surface area contributed by atoms with Crippen LogP contribution in [0.5, 0.6) is 0 Å². The average molecular weight is 292 g/mol.